The largest absolute Gasteiger partial charge is 0.494 e. The van der Waals surface area contributed by atoms with Gasteiger partial charge in [-0.05, 0) is 25.2 Å². The number of para-hydroxylation sites is 1. The molecular weight excluding hydrogens is 414 g/mol. The summed E-state index contributed by atoms with van der Waals surface area (Å²) in [6.45, 7) is 8.31. The molecule has 8 nitrogen and oxygen atoms in total. The number of benzene rings is 2. The molecule has 1 saturated heterocycles. The van der Waals surface area contributed by atoms with Gasteiger partial charge in [-0.3, -0.25) is 0 Å². The molecule has 3 aromatic rings. The topological polar surface area (TPSA) is 68.8 Å². The van der Waals surface area contributed by atoms with Gasteiger partial charge in [-0.25, -0.2) is 4.98 Å². The first-order valence-electron chi connectivity index (χ1n) is 11.1. The number of ether oxygens (including phenoxy) is 1. The Balaban J connectivity index is 1.42. The second-order valence-corrected chi connectivity index (χ2v) is 8.41. The van der Waals surface area contributed by atoms with Gasteiger partial charge in [0.15, 0.2) is 5.82 Å². The summed E-state index contributed by atoms with van der Waals surface area (Å²) in [5, 5.41) is 6.68. The van der Waals surface area contributed by atoms with Crippen molar-refractivity contribution in [1.82, 2.24) is 14.9 Å². The van der Waals surface area contributed by atoms with Gasteiger partial charge >= 0.3 is 0 Å². The Morgan fingerprint density at radius 2 is 1.85 bits per heavy atom. The van der Waals surface area contributed by atoms with Crippen LogP contribution < -0.4 is 25.2 Å². The van der Waals surface area contributed by atoms with E-state index in [0.717, 1.165) is 71.8 Å². The summed E-state index contributed by atoms with van der Waals surface area (Å²) in [4.78, 5) is 16.1. The van der Waals surface area contributed by atoms with Crippen LogP contribution in [-0.4, -0.2) is 62.3 Å². The lowest BCUT2D eigenvalue weighted by Crippen LogP contribution is -2.44. The molecular formula is C25H29N7O. The third-order valence-electron chi connectivity index (χ3n) is 6.26. The maximum Gasteiger partial charge on any atom is 0.229 e. The average Bonchev–Trinajstić information content (AvgIpc) is 2.95. The van der Waals surface area contributed by atoms with Gasteiger partial charge in [0.2, 0.25) is 5.95 Å². The maximum atomic E-state index is 5.69. The molecule has 1 aromatic heterocycles. The summed E-state index contributed by atoms with van der Waals surface area (Å²) in [6, 6.07) is 14.4. The van der Waals surface area contributed by atoms with Crippen molar-refractivity contribution >= 4 is 40.2 Å². The fourth-order valence-electron chi connectivity index (χ4n) is 4.31. The summed E-state index contributed by atoms with van der Waals surface area (Å²) in [6.07, 6.45) is 1.78. The molecule has 170 valence electrons. The monoisotopic (exact) mass is 443 g/mol. The van der Waals surface area contributed by atoms with Crippen LogP contribution in [0.2, 0.25) is 0 Å². The first kappa shape index (κ1) is 21.1. The van der Waals surface area contributed by atoms with Gasteiger partial charge in [-0.15, -0.1) is 0 Å². The first-order chi connectivity index (χ1) is 16.0. The van der Waals surface area contributed by atoms with E-state index in [2.05, 4.69) is 62.1 Å². The molecule has 0 amide bonds. The van der Waals surface area contributed by atoms with Crippen LogP contribution in [0, 0.1) is 0 Å². The highest BCUT2D eigenvalue weighted by Crippen LogP contribution is 2.39. The summed E-state index contributed by atoms with van der Waals surface area (Å²) >= 11 is 0. The molecule has 8 heteroatoms. The van der Waals surface area contributed by atoms with Crippen molar-refractivity contribution in [3.8, 4) is 5.75 Å². The first-order valence-corrected chi connectivity index (χ1v) is 11.1. The predicted molar refractivity (Wildman–Crippen MR) is 135 cm³/mol. The molecule has 2 aromatic carbocycles. The molecule has 0 radical (unpaired) electrons. The maximum absolute atomic E-state index is 5.69. The zero-order chi connectivity index (χ0) is 22.9. The highest BCUT2D eigenvalue weighted by Gasteiger charge is 2.22. The van der Waals surface area contributed by atoms with Crippen LogP contribution in [-0.2, 0) is 0 Å². The lowest BCUT2D eigenvalue weighted by Gasteiger charge is -2.34. The number of nitrogens with zero attached hydrogens (tertiary/aromatic N) is 5. The SMILES string of the molecule is C=C1Nc2cnc(Nc3ccc(N4CCN(C)CC4)cc3OC)nc2N(C)c2ccccc21. The minimum absolute atomic E-state index is 0.498. The van der Waals surface area contributed by atoms with Gasteiger partial charge in [-0.1, -0.05) is 24.8 Å². The van der Waals surface area contributed by atoms with E-state index >= 15 is 0 Å². The van der Waals surface area contributed by atoms with Crippen LogP contribution in [0.15, 0.2) is 55.2 Å². The minimum Gasteiger partial charge on any atom is -0.494 e. The summed E-state index contributed by atoms with van der Waals surface area (Å²) < 4.78 is 5.69. The van der Waals surface area contributed by atoms with E-state index in [1.807, 2.05) is 31.3 Å². The van der Waals surface area contributed by atoms with E-state index in [4.69, 9.17) is 9.72 Å². The standard InChI is InChI=1S/C25H29N7O/c1-17-19-7-5-6-8-22(19)31(3)24-21(27-17)16-26-25(29-24)28-20-10-9-18(15-23(20)33-4)32-13-11-30(2)12-14-32/h5-10,15-16,27H,1,11-14H2,2-4H3,(H,26,28,29). The van der Waals surface area contributed by atoms with Crippen molar-refractivity contribution < 1.29 is 4.74 Å². The molecule has 3 heterocycles. The number of rotatable bonds is 4. The fraction of sp³-hybridized carbons (Fsp3) is 0.280. The van der Waals surface area contributed by atoms with E-state index < -0.39 is 0 Å². The Kier molecular flexibility index (Phi) is 5.51. The molecule has 0 bridgehead atoms. The van der Waals surface area contributed by atoms with E-state index in [0.29, 0.717) is 5.95 Å². The van der Waals surface area contributed by atoms with E-state index in [-0.39, 0.29) is 0 Å². The van der Waals surface area contributed by atoms with Crippen LogP contribution in [0.3, 0.4) is 0 Å². The lowest BCUT2D eigenvalue weighted by molar-refractivity contribution is 0.312. The third kappa shape index (κ3) is 4.05. The Bertz CT molecular complexity index is 1190. The Labute approximate surface area is 194 Å². The molecule has 0 spiro atoms. The van der Waals surface area contributed by atoms with Crippen LogP contribution in [0.1, 0.15) is 5.56 Å². The number of hydrogen-bond donors (Lipinski definition) is 2. The number of likely N-dealkylation sites (N-methyl/N-ethyl adjacent to an activating group) is 1. The Morgan fingerprint density at radius 1 is 1.06 bits per heavy atom. The molecule has 5 rings (SSSR count). The van der Waals surface area contributed by atoms with Crippen molar-refractivity contribution in [3.05, 3.63) is 60.8 Å². The number of methoxy groups -OCH3 is 1. The summed E-state index contributed by atoms with van der Waals surface area (Å²) in [7, 11) is 5.85. The van der Waals surface area contributed by atoms with Crippen LogP contribution >= 0.6 is 0 Å². The smallest absolute Gasteiger partial charge is 0.229 e. The van der Waals surface area contributed by atoms with Crippen molar-refractivity contribution in [2.45, 2.75) is 0 Å². The average molecular weight is 444 g/mol. The molecule has 0 saturated carbocycles. The highest BCUT2D eigenvalue weighted by molar-refractivity contribution is 5.92. The van der Waals surface area contributed by atoms with Gasteiger partial charge in [0.1, 0.15) is 11.4 Å². The van der Waals surface area contributed by atoms with Gasteiger partial charge in [0.25, 0.3) is 0 Å². The number of fused-ring (bicyclic) bond motifs is 2. The van der Waals surface area contributed by atoms with Crippen molar-refractivity contribution in [2.75, 3.05) is 67.8 Å². The van der Waals surface area contributed by atoms with Crippen molar-refractivity contribution in [1.29, 1.82) is 0 Å². The molecule has 2 aliphatic heterocycles. The van der Waals surface area contributed by atoms with Gasteiger partial charge < -0.3 is 30.1 Å². The summed E-state index contributed by atoms with van der Waals surface area (Å²) in [5.41, 5.74) is 5.68. The predicted octanol–water partition coefficient (Wildman–Crippen LogP) is 4.14. The minimum atomic E-state index is 0.498. The molecule has 0 aliphatic carbocycles. The lowest BCUT2D eigenvalue weighted by atomic mass is 10.1. The Morgan fingerprint density at radius 3 is 2.64 bits per heavy atom. The molecule has 0 unspecified atom stereocenters. The van der Waals surface area contributed by atoms with Crippen molar-refractivity contribution in [2.24, 2.45) is 0 Å². The number of nitrogens with one attached hydrogen (secondary N) is 2. The van der Waals surface area contributed by atoms with E-state index in [1.165, 1.54) is 0 Å². The fourth-order valence-corrected chi connectivity index (χ4v) is 4.31. The second-order valence-electron chi connectivity index (χ2n) is 8.41. The van der Waals surface area contributed by atoms with Gasteiger partial charge in [0.05, 0.1) is 24.7 Å². The van der Waals surface area contributed by atoms with Crippen LogP contribution in [0.5, 0.6) is 5.75 Å². The summed E-state index contributed by atoms with van der Waals surface area (Å²) in [5.74, 6) is 2.03. The quantitative estimate of drug-likeness (QED) is 0.624. The molecule has 33 heavy (non-hydrogen) atoms. The molecule has 2 aliphatic rings. The van der Waals surface area contributed by atoms with E-state index in [1.54, 1.807) is 13.3 Å². The zero-order valence-corrected chi connectivity index (χ0v) is 19.3. The molecule has 0 atom stereocenters. The Hall–Kier alpha value is -3.78. The highest BCUT2D eigenvalue weighted by atomic mass is 16.5. The zero-order valence-electron chi connectivity index (χ0n) is 19.3. The van der Waals surface area contributed by atoms with E-state index in [9.17, 15) is 0 Å². The second kappa shape index (κ2) is 8.63. The number of anilines is 6. The van der Waals surface area contributed by atoms with Crippen LogP contribution in [0.4, 0.5) is 34.5 Å². The van der Waals surface area contributed by atoms with Gasteiger partial charge in [0, 0.05) is 56.2 Å². The molecule has 2 N–H and O–H groups in total. The van der Waals surface area contributed by atoms with Crippen molar-refractivity contribution in [3.63, 3.8) is 0 Å². The van der Waals surface area contributed by atoms with Crippen LogP contribution in [0.25, 0.3) is 5.70 Å². The molecule has 1 fully saturated rings. The number of hydrogen-bond acceptors (Lipinski definition) is 8. The normalized spacial score (nSPS) is 15.9. The third-order valence-corrected chi connectivity index (χ3v) is 6.26. The van der Waals surface area contributed by atoms with Gasteiger partial charge in [-0.2, -0.15) is 4.98 Å². The number of piperazine rings is 1. The number of aromatic nitrogens is 2.